The Morgan fingerprint density at radius 3 is 2.56 bits per heavy atom. The highest BCUT2D eigenvalue weighted by Crippen LogP contribution is 2.31. The first-order valence-electron chi connectivity index (χ1n) is 5.32. The molecule has 0 spiro atoms. The maximum absolute atomic E-state index is 9.96. The lowest BCUT2D eigenvalue weighted by atomic mass is 9.90. The molecule has 0 aliphatic rings. The van der Waals surface area contributed by atoms with E-state index in [4.69, 9.17) is 25.2 Å². The van der Waals surface area contributed by atoms with Gasteiger partial charge >= 0.3 is 0 Å². The van der Waals surface area contributed by atoms with Gasteiger partial charge in [0.15, 0.2) is 0 Å². The molecule has 0 aliphatic carbocycles. The Hall–Kier alpha value is -1.46. The Morgan fingerprint density at radius 2 is 2.00 bits per heavy atom. The van der Waals surface area contributed by atoms with E-state index in [9.17, 15) is 10.2 Å². The molecule has 0 bridgehead atoms. The third-order valence-corrected chi connectivity index (χ3v) is 3.00. The zero-order chi connectivity index (χ0) is 13.7. The Morgan fingerprint density at radius 1 is 1.39 bits per heavy atom. The van der Waals surface area contributed by atoms with Crippen LogP contribution in [-0.4, -0.2) is 23.0 Å². The summed E-state index contributed by atoms with van der Waals surface area (Å²) in [6.07, 6.45) is 0. The summed E-state index contributed by atoms with van der Waals surface area (Å²) in [7, 11) is 5.81. The predicted molar refractivity (Wildman–Crippen MR) is 73.5 cm³/mol. The number of phenols is 1. The van der Waals surface area contributed by atoms with Crippen LogP contribution in [0.15, 0.2) is 12.1 Å². The van der Waals surface area contributed by atoms with Gasteiger partial charge in [-0.15, -0.1) is 0 Å². The standard InChI is InChI=1S/C12H12BClN2O2/c1-12(2,18)11-7(15)3-5-9(13)6(14)4-8(17)10(5)16-11/h3-4,17-18H,15H2,1-2H3. The van der Waals surface area contributed by atoms with Crippen LogP contribution in [0.25, 0.3) is 10.9 Å². The van der Waals surface area contributed by atoms with Crippen molar-refractivity contribution >= 4 is 41.5 Å². The monoisotopic (exact) mass is 262 g/mol. The maximum atomic E-state index is 9.96. The topological polar surface area (TPSA) is 79.4 Å². The van der Waals surface area contributed by atoms with Crippen LogP contribution in [0.2, 0.25) is 5.02 Å². The predicted octanol–water partition coefficient (Wildman–Crippen LogP) is 1.20. The van der Waals surface area contributed by atoms with Crippen LogP contribution < -0.4 is 11.2 Å². The molecule has 0 aliphatic heterocycles. The van der Waals surface area contributed by atoms with E-state index in [0.717, 1.165) is 0 Å². The summed E-state index contributed by atoms with van der Waals surface area (Å²) in [4.78, 5) is 4.18. The van der Waals surface area contributed by atoms with Gasteiger partial charge < -0.3 is 15.9 Å². The van der Waals surface area contributed by atoms with Crippen molar-refractivity contribution in [3.8, 4) is 5.75 Å². The van der Waals surface area contributed by atoms with E-state index >= 15 is 0 Å². The summed E-state index contributed by atoms with van der Waals surface area (Å²) >= 11 is 5.87. The first-order chi connectivity index (χ1) is 8.21. The van der Waals surface area contributed by atoms with Gasteiger partial charge in [0.2, 0.25) is 0 Å². The summed E-state index contributed by atoms with van der Waals surface area (Å²) in [6.45, 7) is 3.13. The molecule has 2 rings (SSSR count). The number of pyridine rings is 1. The van der Waals surface area contributed by atoms with Crippen molar-refractivity contribution in [2.45, 2.75) is 19.4 Å². The van der Waals surface area contributed by atoms with Gasteiger partial charge in [0.05, 0.1) is 11.4 Å². The Labute approximate surface area is 111 Å². The molecule has 0 saturated heterocycles. The highest BCUT2D eigenvalue weighted by atomic mass is 35.5. The fraction of sp³-hybridized carbons (Fsp3) is 0.250. The normalized spacial score (nSPS) is 12.0. The minimum Gasteiger partial charge on any atom is -0.506 e. The van der Waals surface area contributed by atoms with E-state index in [0.29, 0.717) is 16.5 Å². The molecule has 1 aromatic heterocycles. The Balaban J connectivity index is 2.89. The molecule has 92 valence electrons. The summed E-state index contributed by atoms with van der Waals surface area (Å²) in [5.74, 6) is -0.102. The van der Waals surface area contributed by atoms with Gasteiger partial charge in [-0.3, -0.25) is 0 Å². The number of hydrogen-bond donors (Lipinski definition) is 3. The van der Waals surface area contributed by atoms with Gasteiger partial charge in [-0.05, 0) is 19.9 Å². The lowest BCUT2D eigenvalue weighted by Crippen LogP contribution is -2.20. The molecule has 4 nitrogen and oxygen atoms in total. The summed E-state index contributed by atoms with van der Waals surface area (Å²) in [6, 6.07) is 2.87. The average molecular weight is 263 g/mol. The van der Waals surface area contributed by atoms with E-state index in [2.05, 4.69) is 4.98 Å². The second-order valence-electron chi connectivity index (χ2n) is 4.67. The van der Waals surface area contributed by atoms with E-state index in [-0.39, 0.29) is 22.0 Å². The van der Waals surface area contributed by atoms with Crippen molar-refractivity contribution in [3.63, 3.8) is 0 Å². The number of nitrogens with two attached hydrogens (primary N) is 1. The van der Waals surface area contributed by atoms with Gasteiger partial charge in [0.1, 0.15) is 24.7 Å². The highest BCUT2D eigenvalue weighted by Gasteiger charge is 2.23. The smallest absolute Gasteiger partial charge is 0.143 e. The number of aromatic nitrogens is 1. The van der Waals surface area contributed by atoms with Crippen LogP contribution in [0.5, 0.6) is 5.75 Å². The van der Waals surface area contributed by atoms with Crippen molar-refractivity contribution in [2.24, 2.45) is 0 Å². The number of fused-ring (bicyclic) bond motifs is 1. The number of rotatable bonds is 1. The van der Waals surface area contributed by atoms with Crippen LogP contribution in [0.4, 0.5) is 5.69 Å². The molecule has 18 heavy (non-hydrogen) atoms. The van der Waals surface area contributed by atoms with E-state index in [1.54, 1.807) is 19.9 Å². The van der Waals surface area contributed by atoms with Gasteiger partial charge in [-0.2, -0.15) is 0 Å². The number of hydrogen-bond acceptors (Lipinski definition) is 4. The molecule has 6 heteroatoms. The Bertz CT molecular complexity index is 638. The van der Waals surface area contributed by atoms with Gasteiger partial charge in [-0.1, -0.05) is 17.1 Å². The van der Waals surface area contributed by atoms with Crippen molar-refractivity contribution in [2.75, 3.05) is 5.73 Å². The molecule has 0 amide bonds. The number of aromatic hydroxyl groups is 1. The second kappa shape index (κ2) is 4.04. The van der Waals surface area contributed by atoms with Crippen LogP contribution in [0.3, 0.4) is 0 Å². The highest BCUT2D eigenvalue weighted by molar-refractivity contribution is 6.49. The zero-order valence-electron chi connectivity index (χ0n) is 10.0. The van der Waals surface area contributed by atoms with Gasteiger partial charge in [0, 0.05) is 16.5 Å². The largest absolute Gasteiger partial charge is 0.506 e. The van der Waals surface area contributed by atoms with Crippen LogP contribution >= 0.6 is 11.6 Å². The quantitative estimate of drug-likeness (QED) is 0.675. The minimum atomic E-state index is -1.21. The number of nitrogens with zero attached hydrogens (tertiary/aromatic N) is 1. The van der Waals surface area contributed by atoms with E-state index in [1.807, 2.05) is 0 Å². The third kappa shape index (κ3) is 2.00. The van der Waals surface area contributed by atoms with Crippen LogP contribution in [0, 0.1) is 0 Å². The van der Waals surface area contributed by atoms with Crippen molar-refractivity contribution in [1.82, 2.24) is 4.98 Å². The lowest BCUT2D eigenvalue weighted by Gasteiger charge is -2.20. The van der Waals surface area contributed by atoms with Crippen molar-refractivity contribution < 1.29 is 10.2 Å². The number of benzene rings is 1. The lowest BCUT2D eigenvalue weighted by molar-refractivity contribution is 0.0750. The van der Waals surface area contributed by atoms with E-state index in [1.165, 1.54) is 6.07 Å². The molecule has 2 aromatic rings. The Kier molecular flexibility index (Phi) is 2.91. The van der Waals surface area contributed by atoms with Gasteiger partial charge in [-0.25, -0.2) is 4.98 Å². The van der Waals surface area contributed by atoms with Crippen LogP contribution in [-0.2, 0) is 5.60 Å². The fourth-order valence-corrected chi connectivity index (χ4v) is 2.02. The SMILES string of the molecule is [B]c1c(Cl)cc(O)c2nc(C(C)(C)O)c(N)cc12. The second-order valence-corrected chi connectivity index (χ2v) is 5.08. The number of halogens is 1. The van der Waals surface area contributed by atoms with Crippen molar-refractivity contribution in [3.05, 3.63) is 22.8 Å². The number of nitrogen functional groups attached to an aromatic ring is 1. The molecule has 0 atom stereocenters. The molecular formula is C12H12BClN2O2. The number of phenolic OH excluding ortho intramolecular Hbond substituents is 1. The van der Waals surface area contributed by atoms with Crippen LogP contribution in [0.1, 0.15) is 19.5 Å². The summed E-state index contributed by atoms with van der Waals surface area (Å²) < 4.78 is 0. The summed E-state index contributed by atoms with van der Waals surface area (Å²) in [5, 5.41) is 20.5. The molecule has 0 fully saturated rings. The molecule has 1 heterocycles. The molecular weight excluding hydrogens is 250 g/mol. The molecule has 0 saturated carbocycles. The fourth-order valence-electron chi connectivity index (χ4n) is 1.81. The molecule has 4 N–H and O–H groups in total. The number of aliphatic hydroxyl groups is 1. The maximum Gasteiger partial charge on any atom is 0.143 e. The average Bonchev–Trinajstić information content (AvgIpc) is 2.23. The summed E-state index contributed by atoms with van der Waals surface area (Å²) in [5.41, 5.74) is 5.77. The zero-order valence-corrected chi connectivity index (χ0v) is 10.8. The third-order valence-electron chi connectivity index (χ3n) is 2.69. The minimum absolute atomic E-state index is 0.102. The molecule has 1 aromatic carbocycles. The first kappa shape index (κ1) is 13.0. The first-order valence-corrected chi connectivity index (χ1v) is 5.69. The van der Waals surface area contributed by atoms with Crippen molar-refractivity contribution in [1.29, 1.82) is 0 Å². The number of anilines is 1. The van der Waals surface area contributed by atoms with Gasteiger partial charge in [0.25, 0.3) is 0 Å². The molecule has 0 unspecified atom stereocenters. The molecule has 2 radical (unpaired) electrons. The van der Waals surface area contributed by atoms with E-state index < -0.39 is 5.60 Å².